The van der Waals surface area contributed by atoms with E-state index < -0.39 is 17.4 Å². The summed E-state index contributed by atoms with van der Waals surface area (Å²) >= 11 is 0. The minimum atomic E-state index is -1.09. The van der Waals surface area contributed by atoms with Crippen LogP contribution in [0.15, 0.2) is 0 Å². The van der Waals surface area contributed by atoms with Crippen molar-refractivity contribution in [3.8, 4) is 0 Å². The highest BCUT2D eigenvalue weighted by Crippen LogP contribution is 2.63. The number of hydrogen-bond acceptors (Lipinski definition) is 5. The maximum absolute atomic E-state index is 5.96. The van der Waals surface area contributed by atoms with Gasteiger partial charge < -0.3 is 18.9 Å². The standard InChI is InChI=1S/C15H30O5.H4Si/c1-7-12-13(8-2)14(16-6,17-9-3)20-15(13,18-10-4)19-11-5;/h7-12H2,1-6H3;1H4. The third-order valence-electron chi connectivity index (χ3n) is 3.99. The third kappa shape index (κ3) is 3.07. The van der Waals surface area contributed by atoms with Crippen LogP contribution >= 0.6 is 0 Å². The predicted octanol–water partition coefficient (Wildman–Crippen LogP) is 1.83. The Morgan fingerprint density at radius 2 is 1.29 bits per heavy atom. The number of hydrogen-bond donors (Lipinski definition) is 0. The van der Waals surface area contributed by atoms with Crippen molar-refractivity contribution in [2.75, 3.05) is 26.9 Å². The Labute approximate surface area is 133 Å². The van der Waals surface area contributed by atoms with Gasteiger partial charge in [-0.05, 0) is 44.6 Å². The van der Waals surface area contributed by atoms with Crippen LogP contribution in [0.25, 0.3) is 0 Å². The topological polar surface area (TPSA) is 46.2 Å². The quantitative estimate of drug-likeness (QED) is 0.453. The van der Waals surface area contributed by atoms with E-state index in [1.54, 1.807) is 7.11 Å². The van der Waals surface area contributed by atoms with Gasteiger partial charge in [-0.3, -0.25) is 4.74 Å². The summed E-state index contributed by atoms with van der Waals surface area (Å²) in [5.41, 5.74) is -0.467. The van der Waals surface area contributed by atoms with E-state index in [1.165, 1.54) is 0 Å². The lowest BCUT2D eigenvalue weighted by Crippen LogP contribution is -2.80. The molecule has 128 valence electrons. The summed E-state index contributed by atoms with van der Waals surface area (Å²) in [6.07, 6.45) is 2.60. The average Bonchev–Trinajstić information content (AvgIpc) is 2.44. The zero-order chi connectivity index (χ0) is 15.3. The van der Waals surface area contributed by atoms with Gasteiger partial charge in [0.15, 0.2) is 0 Å². The molecule has 21 heavy (non-hydrogen) atoms. The molecule has 0 aliphatic carbocycles. The van der Waals surface area contributed by atoms with Crippen molar-refractivity contribution in [2.24, 2.45) is 5.41 Å². The van der Waals surface area contributed by atoms with E-state index in [4.69, 9.17) is 23.7 Å². The van der Waals surface area contributed by atoms with E-state index in [1.807, 2.05) is 20.8 Å². The van der Waals surface area contributed by atoms with Gasteiger partial charge in [0.05, 0.1) is 0 Å². The molecular weight excluding hydrogens is 288 g/mol. The maximum atomic E-state index is 5.96. The summed E-state index contributed by atoms with van der Waals surface area (Å²) < 4.78 is 29.1. The minimum Gasteiger partial charge on any atom is -0.330 e. The van der Waals surface area contributed by atoms with Crippen LogP contribution in [0.4, 0.5) is 0 Å². The second-order valence-electron chi connectivity index (χ2n) is 4.90. The van der Waals surface area contributed by atoms with E-state index in [2.05, 4.69) is 13.8 Å². The van der Waals surface area contributed by atoms with E-state index in [9.17, 15) is 0 Å². The van der Waals surface area contributed by atoms with Crippen LogP contribution in [0.1, 0.15) is 53.9 Å². The van der Waals surface area contributed by atoms with Gasteiger partial charge in [-0.15, -0.1) is 0 Å². The second-order valence-corrected chi connectivity index (χ2v) is 4.90. The minimum absolute atomic E-state index is 0. The van der Waals surface area contributed by atoms with E-state index in [0.717, 1.165) is 19.3 Å². The molecule has 0 amide bonds. The van der Waals surface area contributed by atoms with Crippen LogP contribution in [-0.4, -0.2) is 49.8 Å². The SMILES string of the molecule is CCCC1(CC)C(OC)(OCC)OC1(OCC)OCC.[SiH4]. The fourth-order valence-corrected chi connectivity index (χ4v) is 3.27. The van der Waals surface area contributed by atoms with Crippen LogP contribution in [0.2, 0.25) is 0 Å². The van der Waals surface area contributed by atoms with Crippen LogP contribution in [0, 0.1) is 5.41 Å². The zero-order valence-electron chi connectivity index (χ0n) is 13.8. The first kappa shape index (κ1) is 21.0. The monoisotopic (exact) mass is 322 g/mol. The highest BCUT2D eigenvalue weighted by molar-refractivity contribution is 5.75. The summed E-state index contributed by atoms with van der Waals surface area (Å²) in [4.78, 5) is 0. The van der Waals surface area contributed by atoms with Gasteiger partial charge >= 0.3 is 11.9 Å². The van der Waals surface area contributed by atoms with Crippen LogP contribution in [0.5, 0.6) is 0 Å². The molecule has 0 bridgehead atoms. The average molecular weight is 323 g/mol. The van der Waals surface area contributed by atoms with Crippen molar-refractivity contribution >= 4 is 11.0 Å². The Hall–Kier alpha value is 0.0169. The first-order valence-electron chi connectivity index (χ1n) is 7.74. The van der Waals surface area contributed by atoms with Gasteiger partial charge in [0.2, 0.25) is 0 Å². The smallest absolute Gasteiger partial charge is 0.301 e. The van der Waals surface area contributed by atoms with Crippen molar-refractivity contribution < 1.29 is 23.7 Å². The van der Waals surface area contributed by atoms with Crippen molar-refractivity contribution in [1.29, 1.82) is 0 Å². The molecule has 1 fully saturated rings. The highest BCUT2D eigenvalue weighted by Gasteiger charge is 2.79. The number of rotatable bonds is 10. The lowest BCUT2D eigenvalue weighted by atomic mass is 9.70. The Bertz CT molecular complexity index is 296. The first-order valence-corrected chi connectivity index (χ1v) is 7.74. The number of ether oxygens (including phenoxy) is 5. The van der Waals surface area contributed by atoms with Crippen molar-refractivity contribution in [3.63, 3.8) is 0 Å². The van der Waals surface area contributed by atoms with Crippen LogP contribution in [-0.2, 0) is 23.7 Å². The molecule has 0 N–H and O–H groups in total. The molecule has 2 unspecified atom stereocenters. The summed E-state index contributed by atoms with van der Waals surface area (Å²) in [5, 5.41) is 0. The molecule has 0 aromatic carbocycles. The molecule has 0 saturated carbocycles. The molecule has 5 nitrogen and oxygen atoms in total. The molecule has 6 heteroatoms. The fourth-order valence-electron chi connectivity index (χ4n) is 3.27. The van der Waals surface area contributed by atoms with Crippen molar-refractivity contribution in [1.82, 2.24) is 0 Å². The van der Waals surface area contributed by atoms with E-state index in [-0.39, 0.29) is 11.0 Å². The fraction of sp³-hybridized carbons (Fsp3) is 1.00. The highest BCUT2D eigenvalue weighted by atomic mass is 28.1. The summed E-state index contributed by atoms with van der Waals surface area (Å²) in [7, 11) is 1.61. The van der Waals surface area contributed by atoms with Gasteiger partial charge in [0.25, 0.3) is 0 Å². The lowest BCUT2D eigenvalue weighted by molar-refractivity contribution is -0.656. The third-order valence-corrected chi connectivity index (χ3v) is 3.99. The Morgan fingerprint density at radius 3 is 1.62 bits per heavy atom. The Balaban J connectivity index is 0.00000400. The predicted molar refractivity (Wildman–Crippen MR) is 87.4 cm³/mol. The Kier molecular flexibility index (Phi) is 8.60. The largest absolute Gasteiger partial charge is 0.330 e. The van der Waals surface area contributed by atoms with Gasteiger partial charge in [-0.2, -0.15) is 0 Å². The summed E-state index contributed by atoms with van der Waals surface area (Å²) in [5.74, 6) is -2.16. The summed E-state index contributed by atoms with van der Waals surface area (Å²) in [6, 6.07) is 0. The van der Waals surface area contributed by atoms with Crippen LogP contribution < -0.4 is 0 Å². The zero-order valence-corrected chi connectivity index (χ0v) is 13.8. The molecule has 0 aromatic heterocycles. The lowest BCUT2D eigenvalue weighted by Gasteiger charge is -2.65. The van der Waals surface area contributed by atoms with E-state index >= 15 is 0 Å². The van der Waals surface area contributed by atoms with Crippen molar-refractivity contribution in [3.05, 3.63) is 0 Å². The van der Waals surface area contributed by atoms with Crippen LogP contribution in [0.3, 0.4) is 0 Å². The molecule has 1 rings (SSSR count). The molecule has 1 aliphatic heterocycles. The summed E-state index contributed by atoms with van der Waals surface area (Å²) in [6.45, 7) is 11.6. The van der Waals surface area contributed by atoms with Gasteiger partial charge in [0.1, 0.15) is 5.41 Å². The molecular formula is C15H34O5Si. The molecule has 2 atom stereocenters. The molecule has 1 heterocycles. The van der Waals surface area contributed by atoms with E-state index in [0.29, 0.717) is 19.8 Å². The molecule has 0 spiro atoms. The Morgan fingerprint density at radius 1 is 0.810 bits per heavy atom. The van der Waals surface area contributed by atoms with Crippen molar-refractivity contribution in [2.45, 2.75) is 65.8 Å². The molecule has 0 radical (unpaired) electrons. The first-order chi connectivity index (χ1) is 9.57. The van der Waals surface area contributed by atoms with Gasteiger partial charge in [-0.1, -0.05) is 20.3 Å². The van der Waals surface area contributed by atoms with Gasteiger partial charge in [-0.25, -0.2) is 0 Å². The maximum Gasteiger partial charge on any atom is 0.301 e. The molecule has 1 aliphatic rings. The normalized spacial score (nSPS) is 30.6. The molecule has 1 saturated heterocycles. The molecule has 0 aromatic rings. The second kappa shape index (κ2) is 8.60. The van der Waals surface area contributed by atoms with Gasteiger partial charge in [0, 0.05) is 26.9 Å². The number of methoxy groups -OCH3 is 1.